The van der Waals surface area contributed by atoms with Crippen molar-refractivity contribution in [3.05, 3.63) is 35.4 Å². The largest absolute Gasteiger partial charge is 0.351 e. The zero-order chi connectivity index (χ0) is 13.7. The van der Waals surface area contributed by atoms with Crippen molar-refractivity contribution in [3.63, 3.8) is 0 Å². The van der Waals surface area contributed by atoms with Gasteiger partial charge in [0, 0.05) is 39.3 Å². The van der Waals surface area contributed by atoms with Gasteiger partial charge >= 0.3 is 0 Å². The second kappa shape index (κ2) is 6.58. The zero-order valence-corrected chi connectivity index (χ0v) is 10.6. The van der Waals surface area contributed by atoms with Crippen molar-refractivity contribution in [1.82, 2.24) is 15.5 Å². The van der Waals surface area contributed by atoms with Crippen molar-refractivity contribution in [1.29, 1.82) is 0 Å². The fourth-order valence-electron chi connectivity index (χ4n) is 2.04. The van der Waals surface area contributed by atoms with E-state index >= 15 is 0 Å². The number of carbonyl (C=O) groups is 1. The van der Waals surface area contributed by atoms with Gasteiger partial charge in [-0.25, -0.2) is 8.78 Å². The van der Waals surface area contributed by atoms with Crippen LogP contribution in [0.1, 0.15) is 10.4 Å². The van der Waals surface area contributed by atoms with Crippen LogP contribution in [0, 0.1) is 11.6 Å². The summed E-state index contributed by atoms with van der Waals surface area (Å²) in [5.41, 5.74) is -0.250. The van der Waals surface area contributed by atoms with E-state index in [1.807, 2.05) is 0 Å². The van der Waals surface area contributed by atoms with Crippen LogP contribution < -0.4 is 10.6 Å². The first-order chi connectivity index (χ1) is 9.18. The molecule has 0 unspecified atom stereocenters. The molecular formula is C13H17F2N3O. The number of nitrogens with one attached hydrogen (secondary N) is 2. The molecule has 1 amide bonds. The Kier molecular flexibility index (Phi) is 4.81. The van der Waals surface area contributed by atoms with Crippen molar-refractivity contribution in [2.45, 2.75) is 0 Å². The van der Waals surface area contributed by atoms with Gasteiger partial charge in [0.05, 0.1) is 5.56 Å². The maximum atomic E-state index is 13.4. The molecule has 1 fully saturated rings. The van der Waals surface area contributed by atoms with Gasteiger partial charge in [0.1, 0.15) is 0 Å². The molecule has 0 radical (unpaired) electrons. The zero-order valence-electron chi connectivity index (χ0n) is 10.6. The highest BCUT2D eigenvalue weighted by Gasteiger charge is 2.15. The maximum absolute atomic E-state index is 13.4. The molecule has 0 saturated carbocycles. The van der Waals surface area contributed by atoms with Gasteiger partial charge in [-0.15, -0.1) is 0 Å². The van der Waals surface area contributed by atoms with Crippen LogP contribution in [0.4, 0.5) is 8.78 Å². The van der Waals surface area contributed by atoms with Gasteiger partial charge in [-0.2, -0.15) is 0 Å². The molecule has 1 aromatic rings. The van der Waals surface area contributed by atoms with E-state index in [0.29, 0.717) is 13.1 Å². The van der Waals surface area contributed by atoms with Crippen LogP contribution in [0.15, 0.2) is 18.2 Å². The van der Waals surface area contributed by atoms with E-state index in [9.17, 15) is 13.6 Å². The van der Waals surface area contributed by atoms with E-state index in [4.69, 9.17) is 0 Å². The summed E-state index contributed by atoms with van der Waals surface area (Å²) in [5.74, 6) is -2.68. The molecule has 1 aliphatic heterocycles. The molecule has 1 aromatic carbocycles. The van der Waals surface area contributed by atoms with Crippen molar-refractivity contribution >= 4 is 5.91 Å². The molecule has 19 heavy (non-hydrogen) atoms. The first-order valence-corrected chi connectivity index (χ1v) is 6.34. The number of hydrogen-bond donors (Lipinski definition) is 2. The van der Waals surface area contributed by atoms with Crippen molar-refractivity contribution in [2.75, 3.05) is 39.3 Å². The number of hydrogen-bond acceptors (Lipinski definition) is 3. The van der Waals surface area contributed by atoms with Crippen molar-refractivity contribution in [3.8, 4) is 0 Å². The average molecular weight is 269 g/mol. The van der Waals surface area contributed by atoms with Crippen LogP contribution in [-0.2, 0) is 0 Å². The fraction of sp³-hybridized carbons (Fsp3) is 0.462. The molecule has 6 heteroatoms. The number of halogens is 2. The van der Waals surface area contributed by atoms with E-state index < -0.39 is 17.5 Å². The number of nitrogens with zero attached hydrogens (tertiary/aromatic N) is 1. The quantitative estimate of drug-likeness (QED) is 0.841. The van der Waals surface area contributed by atoms with Gasteiger partial charge in [0.25, 0.3) is 5.91 Å². The highest BCUT2D eigenvalue weighted by molar-refractivity contribution is 5.94. The lowest BCUT2D eigenvalue weighted by Gasteiger charge is -2.27. The first-order valence-electron chi connectivity index (χ1n) is 6.34. The molecule has 0 atom stereocenters. The Bertz CT molecular complexity index is 448. The third kappa shape index (κ3) is 3.71. The molecule has 0 aliphatic carbocycles. The molecule has 104 valence electrons. The third-order valence-corrected chi connectivity index (χ3v) is 3.12. The number of rotatable bonds is 4. The summed E-state index contributed by atoms with van der Waals surface area (Å²) < 4.78 is 26.4. The van der Waals surface area contributed by atoms with Gasteiger partial charge in [0.15, 0.2) is 11.6 Å². The highest BCUT2D eigenvalue weighted by atomic mass is 19.2. The Hall–Kier alpha value is -1.53. The summed E-state index contributed by atoms with van der Waals surface area (Å²) in [7, 11) is 0. The smallest absolute Gasteiger partial charge is 0.254 e. The molecular weight excluding hydrogens is 252 g/mol. The topological polar surface area (TPSA) is 44.4 Å². The summed E-state index contributed by atoms with van der Waals surface area (Å²) in [6.07, 6.45) is 0. The lowest BCUT2D eigenvalue weighted by atomic mass is 10.2. The normalized spacial score (nSPS) is 16.3. The van der Waals surface area contributed by atoms with E-state index in [2.05, 4.69) is 15.5 Å². The maximum Gasteiger partial charge on any atom is 0.254 e. The summed E-state index contributed by atoms with van der Waals surface area (Å²) in [4.78, 5) is 13.9. The second-order valence-corrected chi connectivity index (χ2v) is 4.45. The second-order valence-electron chi connectivity index (χ2n) is 4.45. The Labute approximate surface area is 110 Å². The Balaban J connectivity index is 1.82. The third-order valence-electron chi connectivity index (χ3n) is 3.12. The summed E-state index contributed by atoms with van der Waals surface area (Å²) in [5, 5.41) is 5.84. The predicted octanol–water partition coefficient (Wildman–Crippen LogP) is 0.600. The predicted molar refractivity (Wildman–Crippen MR) is 68.0 cm³/mol. The molecule has 2 N–H and O–H groups in total. The standard InChI is InChI=1S/C13H17F2N3O/c14-11-3-1-2-10(12(11)15)13(19)17-6-9-18-7-4-16-5-8-18/h1-3,16H,4-9H2,(H,17,19). The molecule has 1 aliphatic rings. The van der Waals surface area contributed by atoms with Gasteiger partial charge in [-0.1, -0.05) is 6.07 Å². The van der Waals surface area contributed by atoms with Crippen LogP contribution >= 0.6 is 0 Å². The van der Waals surface area contributed by atoms with E-state index in [1.165, 1.54) is 12.1 Å². The molecule has 0 bridgehead atoms. The van der Waals surface area contributed by atoms with Gasteiger partial charge in [-0.3, -0.25) is 9.69 Å². The fourth-order valence-corrected chi connectivity index (χ4v) is 2.04. The van der Waals surface area contributed by atoms with Crippen LogP contribution in [0.25, 0.3) is 0 Å². The minimum atomic E-state index is -1.10. The average Bonchev–Trinajstić information content (AvgIpc) is 2.43. The Morgan fingerprint density at radius 1 is 1.32 bits per heavy atom. The highest BCUT2D eigenvalue weighted by Crippen LogP contribution is 2.10. The SMILES string of the molecule is O=C(NCCN1CCNCC1)c1cccc(F)c1F. The summed E-state index contributed by atoms with van der Waals surface area (Å²) in [6.45, 7) is 4.88. The van der Waals surface area contributed by atoms with Gasteiger partial charge in [-0.05, 0) is 12.1 Å². The van der Waals surface area contributed by atoms with Gasteiger partial charge < -0.3 is 10.6 Å². The number of benzene rings is 1. The molecule has 1 saturated heterocycles. The number of carbonyl (C=O) groups excluding carboxylic acids is 1. The van der Waals surface area contributed by atoms with Crippen LogP contribution in [0.3, 0.4) is 0 Å². The number of piperazine rings is 1. The summed E-state index contributed by atoms with van der Waals surface area (Å²) >= 11 is 0. The van der Waals surface area contributed by atoms with E-state index in [1.54, 1.807) is 0 Å². The van der Waals surface area contributed by atoms with Crippen LogP contribution in [0.2, 0.25) is 0 Å². The summed E-state index contributed by atoms with van der Waals surface area (Å²) in [6, 6.07) is 3.59. The minimum Gasteiger partial charge on any atom is -0.351 e. The molecule has 2 rings (SSSR count). The van der Waals surface area contributed by atoms with Crippen LogP contribution in [-0.4, -0.2) is 50.1 Å². The van der Waals surface area contributed by atoms with E-state index in [0.717, 1.165) is 32.2 Å². The Morgan fingerprint density at radius 2 is 2.05 bits per heavy atom. The molecule has 0 spiro atoms. The van der Waals surface area contributed by atoms with E-state index in [-0.39, 0.29) is 5.56 Å². The van der Waals surface area contributed by atoms with Gasteiger partial charge in [0.2, 0.25) is 0 Å². The Morgan fingerprint density at radius 3 is 2.79 bits per heavy atom. The molecule has 4 nitrogen and oxygen atoms in total. The lowest BCUT2D eigenvalue weighted by molar-refractivity contribution is 0.0942. The molecule has 1 heterocycles. The van der Waals surface area contributed by atoms with Crippen molar-refractivity contribution in [2.24, 2.45) is 0 Å². The van der Waals surface area contributed by atoms with Crippen molar-refractivity contribution < 1.29 is 13.6 Å². The molecule has 0 aromatic heterocycles. The monoisotopic (exact) mass is 269 g/mol. The first kappa shape index (κ1) is 13.9. The lowest BCUT2D eigenvalue weighted by Crippen LogP contribution is -2.46. The number of amides is 1. The van der Waals surface area contributed by atoms with Crippen LogP contribution in [0.5, 0.6) is 0 Å². The minimum absolute atomic E-state index is 0.250.